The normalized spacial score (nSPS) is 26.0. The largest absolute Gasteiger partial charge is 0.312 e. The summed E-state index contributed by atoms with van der Waals surface area (Å²) in [7, 11) is -2.79. The Balaban J connectivity index is 2.39. The summed E-state index contributed by atoms with van der Waals surface area (Å²) < 4.78 is 23.0. The summed E-state index contributed by atoms with van der Waals surface area (Å²) in [5, 5.41) is 3.31. The standard InChI is InChI=1S/C12H26N2O2S/c1-4-11(3)14(5-2)8-6-12-10-17(15,16)9-7-13-12/h11-13H,4-10H2,1-3H3. The third-order valence-electron chi connectivity index (χ3n) is 3.69. The average molecular weight is 262 g/mol. The van der Waals surface area contributed by atoms with E-state index in [0.717, 1.165) is 25.9 Å². The molecule has 1 heterocycles. The first kappa shape index (κ1) is 14.9. The SMILES string of the molecule is CCC(C)N(CC)CCC1CS(=O)(=O)CCN1. The Bertz CT molecular complexity index is 316. The molecular weight excluding hydrogens is 236 g/mol. The summed E-state index contributed by atoms with van der Waals surface area (Å²) in [6, 6.07) is 0.729. The molecular formula is C12H26N2O2S. The van der Waals surface area contributed by atoms with Gasteiger partial charge in [-0.1, -0.05) is 13.8 Å². The Morgan fingerprint density at radius 2 is 2.12 bits per heavy atom. The van der Waals surface area contributed by atoms with Crippen molar-refractivity contribution in [3.63, 3.8) is 0 Å². The average Bonchev–Trinajstić information content (AvgIpc) is 2.28. The second kappa shape index (κ2) is 6.71. The predicted octanol–water partition coefficient (Wildman–Crippen LogP) is 0.884. The number of nitrogens with zero attached hydrogens (tertiary/aromatic N) is 1. The van der Waals surface area contributed by atoms with Crippen LogP contribution >= 0.6 is 0 Å². The van der Waals surface area contributed by atoms with Crippen LogP contribution in [0.3, 0.4) is 0 Å². The van der Waals surface area contributed by atoms with Gasteiger partial charge in [0.15, 0.2) is 9.84 Å². The second-order valence-corrected chi connectivity index (χ2v) is 7.17. The van der Waals surface area contributed by atoms with E-state index >= 15 is 0 Å². The number of hydrogen-bond acceptors (Lipinski definition) is 4. The summed E-state index contributed by atoms with van der Waals surface area (Å²) in [6.07, 6.45) is 2.07. The third-order valence-corrected chi connectivity index (χ3v) is 5.42. The van der Waals surface area contributed by atoms with Crippen LogP contribution in [-0.2, 0) is 9.84 Å². The predicted molar refractivity (Wildman–Crippen MR) is 72.1 cm³/mol. The van der Waals surface area contributed by atoms with Gasteiger partial charge in [-0.05, 0) is 32.9 Å². The van der Waals surface area contributed by atoms with Crippen LogP contribution in [0.15, 0.2) is 0 Å². The zero-order valence-corrected chi connectivity index (χ0v) is 12.1. The van der Waals surface area contributed by atoms with Gasteiger partial charge in [-0.3, -0.25) is 0 Å². The first-order chi connectivity index (χ1) is 7.98. The summed E-state index contributed by atoms with van der Waals surface area (Å²) >= 11 is 0. The number of nitrogens with one attached hydrogen (secondary N) is 1. The van der Waals surface area contributed by atoms with Gasteiger partial charge in [-0.2, -0.15) is 0 Å². The summed E-state index contributed by atoms with van der Waals surface area (Å²) in [6.45, 7) is 9.22. The van der Waals surface area contributed by atoms with Gasteiger partial charge in [0.25, 0.3) is 0 Å². The van der Waals surface area contributed by atoms with Crippen LogP contribution in [0.4, 0.5) is 0 Å². The van der Waals surface area contributed by atoms with Gasteiger partial charge in [-0.15, -0.1) is 0 Å². The van der Waals surface area contributed by atoms with Crippen molar-refractivity contribution in [3.05, 3.63) is 0 Å². The van der Waals surface area contributed by atoms with Crippen molar-refractivity contribution >= 4 is 9.84 Å². The molecule has 0 bridgehead atoms. The fourth-order valence-electron chi connectivity index (χ4n) is 2.32. The van der Waals surface area contributed by atoms with E-state index in [1.54, 1.807) is 0 Å². The molecule has 1 rings (SSSR count). The summed E-state index contributed by atoms with van der Waals surface area (Å²) in [5.74, 6) is 0.609. The number of rotatable bonds is 6. The minimum Gasteiger partial charge on any atom is -0.312 e. The molecule has 0 aliphatic carbocycles. The second-order valence-electron chi connectivity index (χ2n) is 4.94. The van der Waals surface area contributed by atoms with E-state index in [-0.39, 0.29) is 6.04 Å². The highest BCUT2D eigenvalue weighted by atomic mass is 32.2. The van der Waals surface area contributed by atoms with Crippen LogP contribution < -0.4 is 5.32 Å². The summed E-state index contributed by atoms with van der Waals surface area (Å²) in [4.78, 5) is 2.42. The van der Waals surface area contributed by atoms with E-state index < -0.39 is 9.84 Å². The first-order valence-electron chi connectivity index (χ1n) is 6.66. The van der Waals surface area contributed by atoms with E-state index in [2.05, 4.69) is 31.0 Å². The fourth-order valence-corrected chi connectivity index (χ4v) is 3.82. The van der Waals surface area contributed by atoms with Crippen molar-refractivity contribution in [2.75, 3.05) is 31.1 Å². The van der Waals surface area contributed by atoms with E-state index in [1.807, 2.05) is 0 Å². The van der Waals surface area contributed by atoms with Crippen LogP contribution in [0.1, 0.15) is 33.6 Å². The molecule has 0 aromatic carbocycles. The van der Waals surface area contributed by atoms with E-state index in [9.17, 15) is 8.42 Å². The molecule has 17 heavy (non-hydrogen) atoms. The Kier molecular flexibility index (Phi) is 5.89. The molecule has 102 valence electrons. The highest BCUT2D eigenvalue weighted by Crippen LogP contribution is 2.09. The van der Waals surface area contributed by atoms with Gasteiger partial charge < -0.3 is 10.2 Å². The maximum atomic E-state index is 11.5. The van der Waals surface area contributed by atoms with E-state index in [1.165, 1.54) is 0 Å². The molecule has 2 unspecified atom stereocenters. The Morgan fingerprint density at radius 1 is 1.41 bits per heavy atom. The Labute approximate surface area is 106 Å². The maximum Gasteiger partial charge on any atom is 0.153 e. The molecule has 0 amide bonds. The molecule has 1 aliphatic rings. The maximum absolute atomic E-state index is 11.5. The van der Waals surface area contributed by atoms with Crippen molar-refractivity contribution in [3.8, 4) is 0 Å². The van der Waals surface area contributed by atoms with Crippen LogP contribution in [0.5, 0.6) is 0 Å². The molecule has 0 saturated carbocycles. The van der Waals surface area contributed by atoms with Gasteiger partial charge >= 0.3 is 0 Å². The molecule has 2 atom stereocenters. The minimum absolute atomic E-state index is 0.145. The lowest BCUT2D eigenvalue weighted by molar-refractivity contribution is 0.205. The summed E-state index contributed by atoms with van der Waals surface area (Å²) in [5.41, 5.74) is 0. The highest BCUT2D eigenvalue weighted by Gasteiger charge is 2.24. The topological polar surface area (TPSA) is 49.4 Å². The van der Waals surface area contributed by atoms with E-state index in [0.29, 0.717) is 24.1 Å². The fraction of sp³-hybridized carbons (Fsp3) is 1.00. The molecule has 5 heteroatoms. The van der Waals surface area contributed by atoms with Gasteiger partial charge in [0.05, 0.1) is 11.5 Å². The van der Waals surface area contributed by atoms with Crippen molar-refractivity contribution in [2.45, 2.75) is 45.7 Å². The van der Waals surface area contributed by atoms with Crippen LogP contribution in [-0.4, -0.2) is 56.5 Å². The molecule has 0 aromatic rings. The minimum atomic E-state index is -2.79. The van der Waals surface area contributed by atoms with E-state index in [4.69, 9.17) is 0 Å². The lowest BCUT2D eigenvalue weighted by atomic mass is 10.1. The molecule has 0 radical (unpaired) electrons. The van der Waals surface area contributed by atoms with Crippen molar-refractivity contribution in [1.29, 1.82) is 0 Å². The van der Waals surface area contributed by atoms with Crippen LogP contribution in [0.25, 0.3) is 0 Å². The molecule has 1 N–H and O–H groups in total. The molecule has 0 aromatic heterocycles. The first-order valence-corrected chi connectivity index (χ1v) is 8.48. The van der Waals surface area contributed by atoms with Crippen molar-refractivity contribution in [2.24, 2.45) is 0 Å². The van der Waals surface area contributed by atoms with Crippen LogP contribution in [0, 0.1) is 0 Å². The van der Waals surface area contributed by atoms with Gasteiger partial charge in [0.2, 0.25) is 0 Å². The molecule has 1 saturated heterocycles. The van der Waals surface area contributed by atoms with Gasteiger partial charge in [-0.25, -0.2) is 8.42 Å². The Morgan fingerprint density at radius 3 is 2.65 bits per heavy atom. The quantitative estimate of drug-likeness (QED) is 0.772. The smallest absolute Gasteiger partial charge is 0.153 e. The highest BCUT2D eigenvalue weighted by molar-refractivity contribution is 7.91. The Hall–Kier alpha value is -0.130. The van der Waals surface area contributed by atoms with Gasteiger partial charge in [0.1, 0.15) is 0 Å². The molecule has 1 aliphatic heterocycles. The lowest BCUT2D eigenvalue weighted by Crippen LogP contribution is -2.47. The monoisotopic (exact) mass is 262 g/mol. The van der Waals surface area contributed by atoms with Crippen LogP contribution in [0.2, 0.25) is 0 Å². The molecule has 4 nitrogen and oxygen atoms in total. The number of hydrogen-bond donors (Lipinski definition) is 1. The molecule has 1 fully saturated rings. The zero-order chi connectivity index (χ0) is 12.9. The zero-order valence-electron chi connectivity index (χ0n) is 11.3. The van der Waals surface area contributed by atoms with Crippen molar-refractivity contribution < 1.29 is 8.42 Å². The third kappa shape index (κ3) is 4.94. The van der Waals surface area contributed by atoms with Crippen molar-refractivity contribution in [1.82, 2.24) is 10.2 Å². The number of sulfone groups is 1. The molecule has 0 spiro atoms. The lowest BCUT2D eigenvalue weighted by Gasteiger charge is -2.30. The van der Waals surface area contributed by atoms with Gasteiger partial charge in [0, 0.05) is 18.6 Å².